The van der Waals surface area contributed by atoms with Gasteiger partial charge in [-0.15, -0.1) is 11.8 Å². The van der Waals surface area contributed by atoms with Crippen molar-refractivity contribution >= 4 is 39.3 Å². The Bertz CT molecular complexity index is 1450. The molecular formula is C32H41N3O5S2. The number of thioether (sulfide) groups is 1. The van der Waals surface area contributed by atoms with Crippen LogP contribution in [0.5, 0.6) is 5.75 Å². The lowest BCUT2D eigenvalue weighted by atomic mass is 10.1. The summed E-state index contributed by atoms with van der Waals surface area (Å²) < 4.78 is 34.7. The van der Waals surface area contributed by atoms with Crippen LogP contribution in [0.4, 0.5) is 5.69 Å². The third-order valence-corrected chi connectivity index (χ3v) is 9.03. The Morgan fingerprint density at radius 2 is 1.55 bits per heavy atom. The molecule has 0 aliphatic rings. The fraction of sp³-hybridized carbons (Fsp3) is 0.375. The molecule has 0 aliphatic heterocycles. The highest BCUT2D eigenvalue weighted by atomic mass is 32.2. The number of carbonyl (C=O) groups is 2. The predicted octanol–water partition coefficient (Wildman–Crippen LogP) is 5.64. The van der Waals surface area contributed by atoms with Gasteiger partial charge in [0.1, 0.15) is 18.3 Å². The number of anilines is 1. The van der Waals surface area contributed by atoms with Gasteiger partial charge in [-0.2, -0.15) is 0 Å². The summed E-state index contributed by atoms with van der Waals surface area (Å²) in [7, 11) is -4.15. The first-order valence-corrected chi connectivity index (χ1v) is 16.5. The minimum Gasteiger partial charge on any atom is -0.494 e. The summed E-state index contributed by atoms with van der Waals surface area (Å²) in [5, 5.41) is 2.94. The maximum Gasteiger partial charge on any atom is 0.264 e. The molecule has 226 valence electrons. The van der Waals surface area contributed by atoms with Crippen LogP contribution in [0.3, 0.4) is 0 Å². The number of hydrogen-bond acceptors (Lipinski definition) is 6. The van der Waals surface area contributed by atoms with Gasteiger partial charge in [0, 0.05) is 17.0 Å². The highest BCUT2D eigenvalue weighted by Crippen LogP contribution is 2.28. The number of rotatable bonds is 12. The Balaban J connectivity index is 2.04. The number of aryl methyl sites for hydroxylation is 1. The molecule has 3 rings (SSSR count). The van der Waals surface area contributed by atoms with Crippen molar-refractivity contribution in [2.24, 2.45) is 0 Å². The quantitative estimate of drug-likeness (QED) is 0.266. The Labute approximate surface area is 254 Å². The molecule has 0 saturated heterocycles. The van der Waals surface area contributed by atoms with Gasteiger partial charge in [-0.1, -0.05) is 29.8 Å². The van der Waals surface area contributed by atoms with Crippen LogP contribution in [-0.2, 0) is 26.2 Å². The number of sulfonamides is 1. The van der Waals surface area contributed by atoms with Gasteiger partial charge < -0.3 is 15.0 Å². The summed E-state index contributed by atoms with van der Waals surface area (Å²) in [6, 6.07) is 19.9. The van der Waals surface area contributed by atoms with Crippen LogP contribution in [-0.4, -0.2) is 56.1 Å². The van der Waals surface area contributed by atoms with E-state index in [0.29, 0.717) is 18.0 Å². The Kier molecular flexibility index (Phi) is 11.1. The van der Waals surface area contributed by atoms with E-state index >= 15 is 0 Å². The third kappa shape index (κ3) is 8.75. The minimum absolute atomic E-state index is 0.0607. The van der Waals surface area contributed by atoms with Crippen molar-refractivity contribution in [1.82, 2.24) is 10.2 Å². The molecule has 3 aromatic carbocycles. The maximum atomic E-state index is 14.1. The molecule has 0 unspecified atom stereocenters. The van der Waals surface area contributed by atoms with Crippen LogP contribution in [0.25, 0.3) is 0 Å². The average Bonchev–Trinajstić information content (AvgIpc) is 2.95. The van der Waals surface area contributed by atoms with Crippen LogP contribution < -0.4 is 14.4 Å². The van der Waals surface area contributed by atoms with Crippen molar-refractivity contribution in [3.63, 3.8) is 0 Å². The van der Waals surface area contributed by atoms with Gasteiger partial charge >= 0.3 is 0 Å². The second kappa shape index (κ2) is 14.1. The van der Waals surface area contributed by atoms with Crippen LogP contribution in [0, 0.1) is 6.92 Å². The third-order valence-electron chi connectivity index (χ3n) is 6.50. The molecule has 0 bridgehead atoms. The first-order chi connectivity index (χ1) is 19.7. The Morgan fingerprint density at radius 3 is 2.07 bits per heavy atom. The molecule has 1 atom stereocenters. The molecule has 0 radical (unpaired) electrons. The smallest absolute Gasteiger partial charge is 0.264 e. The van der Waals surface area contributed by atoms with Gasteiger partial charge in [-0.05, 0) is 102 Å². The number of nitrogens with one attached hydrogen (secondary N) is 1. The largest absolute Gasteiger partial charge is 0.494 e. The highest BCUT2D eigenvalue weighted by Gasteiger charge is 2.33. The molecule has 0 aliphatic carbocycles. The number of carbonyl (C=O) groups excluding carboxylic acids is 2. The van der Waals surface area contributed by atoms with Gasteiger partial charge in [0.2, 0.25) is 11.8 Å². The van der Waals surface area contributed by atoms with Crippen LogP contribution in [0.15, 0.2) is 82.6 Å². The Hall–Kier alpha value is -3.50. The Morgan fingerprint density at radius 1 is 0.952 bits per heavy atom. The summed E-state index contributed by atoms with van der Waals surface area (Å²) in [6.45, 7) is 11.2. The number of amides is 2. The average molecular weight is 612 g/mol. The molecule has 0 heterocycles. The molecule has 0 aromatic heterocycles. The van der Waals surface area contributed by atoms with Crippen molar-refractivity contribution in [2.45, 2.75) is 69.5 Å². The fourth-order valence-corrected chi connectivity index (χ4v) is 6.05. The monoisotopic (exact) mass is 611 g/mol. The van der Waals surface area contributed by atoms with Crippen LogP contribution >= 0.6 is 11.8 Å². The van der Waals surface area contributed by atoms with Gasteiger partial charge in [0.05, 0.1) is 17.2 Å². The zero-order chi connectivity index (χ0) is 31.1. The standard InChI is InChI=1S/C32H41N3O5S2/c1-8-40-27-15-13-26(14-16-27)35(42(38,39)29-19-17-28(41-7)18-20-29)22-30(36)34(21-25-11-9-23(2)10-12-25)24(3)31(37)33-32(4,5)6/h9-20,24H,8,21-22H2,1-7H3,(H,33,37)/t24-/m0/s1. The molecule has 42 heavy (non-hydrogen) atoms. The van der Waals surface area contributed by atoms with E-state index in [9.17, 15) is 18.0 Å². The van der Waals surface area contributed by atoms with E-state index in [0.717, 1.165) is 20.3 Å². The van der Waals surface area contributed by atoms with E-state index in [4.69, 9.17) is 4.74 Å². The lowest BCUT2D eigenvalue weighted by molar-refractivity contribution is -0.140. The van der Waals surface area contributed by atoms with E-state index in [1.807, 2.05) is 65.1 Å². The first kappa shape index (κ1) is 33.0. The van der Waals surface area contributed by atoms with Crippen molar-refractivity contribution in [1.29, 1.82) is 0 Å². The molecule has 3 aromatic rings. The van der Waals surface area contributed by atoms with Gasteiger partial charge in [-0.25, -0.2) is 8.42 Å². The molecule has 0 saturated carbocycles. The summed E-state index contributed by atoms with van der Waals surface area (Å²) in [5.74, 6) is -0.251. The summed E-state index contributed by atoms with van der Waals surface area (Å²) in [4.78, 5) is 29.7. The van der Waals surface area contributed by atoms with Crippen molar-refractivity contribution in [3.05, 3.63) is 83.9 Å². The summed E-state index contributed by atoms with van der Waals surface area (Å²) in [6.07, 6.45) is 1.91. The lowest BCUT2D eigenvalue weighted by Crippen LogP contribution is -2.54. The zero-order valence-electron chi connectivity index (χ0n) is 25.4. The van der Waals surface area contributed by atoms with Crippen LogP contribution in [0.1, 0.15) is 45.7 Å². The molecule has 10 heteroatoms. The molecule has 0 spiro atoms. The molecule has 0 fully saturated rings. The van der Waals surface area contributed by atoms with E-state index < -0.39 is 34.1 Å². The molecular weight excluding hydrogens is 571 g/mol. The van der Waals surface area contributed by atoms with E-state index in [2.05, 4.69) is 5.32 Å². The van der Waals surface area contributed by atoms with E-state index in [-0.39, 0.29) is 17.3 Å². The number of hydrogen-bond donors (Lipinski definition) is 1. The first-order valence-electron chi connectivity index (χ1n) is 13.8. The van der Waals surface area contributed by atoms with E-state index in [1.54, 1.807) is 43.3 Å². The number of nitrogens with zero attached hydrogens (tertiary/aromatic N) is 2. The van der Waals surface area contributed by atoms with Crippen LogP contribution in [0.2, 0.25) is 0 Å². The van der Waals surface area contributed by atoms with Crippen molar-refractivity contribution in [2.75, 3.05) is 23.7 Å². The summed E-state index contributed by atoms with van der Waals surface area (Å²) in [5.41, 5.74) is 1.69. The lowest BCUT2D eigenvalue weighted by Gasteiger charge is -2.33. The van der Waals surface area contributed by atoms with Gasteiger partial charge in [0.25, 0.3) is 10.0 Å². The van der Waals surface area contributed by atoms with E-state index in [1.165, 1.54) is 28.8 Å². The maximum absolute atomic E-state index is 14.1. The SMILES string of the molecule is CCOc1ccc(N(CC(=O)N(Cc2ccc(C)cc2)[C@@H](C)C(=O)NC(C)(C)C)S(=O)(=O)c2ccc(SC)cc2)cc1. The van der Waals surface area contributed by atoms with Crippen molar-refractivity contribution < 1.29 is 22.7 Å². The fourth-order valence-electron chi connectivity index (χ4n) is 4.23. The molecule has 2 amide bonds. The van der Waals surface area contributed by atoms with Gasteiger partial charge in [0.15, 0.2) is 0 Å². The molecule has 8 nitrogen and oxygen atoms in total. The molecule has 1 N–H and O–H groups in total. The highest BCUT2D eigenvalue weighted by molar-refractivity contribution is 7.98. The zero-order valence-corrected chi connectivity index (χ0v) is 27.0. The number of ether oxygens (including phenoxy) is 1. The second-order valence-corrected chi connectivity index (χ2v) is 13.8. The second-order valence-electron chi connectivity index (χ2n) is 11.0. The number of benzene rings is 3. The van der Waals surface area contributed by atoms with Crippen molar-refractivity contribution in [3.8, 4) is 5.75 Å². The predicted molar refractivity (Wildman–Crippen MR) is 169 cm³/mol. The normalized spacial score (nSPS) is 12.4. The topological polar surface area (TPSA) is 96.0 Å². The summed E-state index contributed by atoms with van der Waals surface area (Å²) >= 11 is 1.50. The van der Waals surface area contributed by atoms with Gasteiger partial charge in [-0.3, -0.25) is 13.9 Å². The minimum atomic E-state index is -4.15.